The van der Waals surface area contributed by atoms with Crippen molar-refractivity contribution in [2.75, 3.05) is 51.6 Å². The maximum Gasteiger partial charge on any atom is 0.411 e. The second-order valence-electron chi connectivity index (χ2n) is 21.3. The Morgan fingerprint density at radius 2 is 1.75 bits per heavy atom. The molecular weight excluding hydrogens is 878 g/mol. The van der Waals surface area contributed by atoms with Gasteiger partial charge < -0.3 is 29.0 Å². The van der Waals surface area contributed by atoms with Gasteiger partial charge in [-0.05, 0) is 100 Å². The first kappa shape index (κ1) is 48.8. The van der Waals surface area contributed by atoms with E-state index in [-0.39, 0.29) is 76.3 Å². The Hall–Kier alpha value is -4.69. The third kappa shape index (κ3) is 8.71. The van der Waals surface area contributed by atoms with Crippen LogP contribution in [0.25, 0.3) is 32.9 Å². The monoisotopic (exact) mass is 944 g/mol. The van der Waals surface area contributed by atoms with Crippen molar-refractivity contribution in [1.29, 1.82) is 0 Å². The SMILES string of the molecule is COCOc1cc(-c2ncc3c(N4CC5CCC(C(C)O)(C4)N5C(=O)OC(C)(C)C)nc(OC[C@@]45CCCN4C[C@H](F)C5)nc3c2F)c2c(C#C[Si](C(C)C)(C(C)C)C(C)C)c(F)ccc2c1. The molecule has 0 aliphatic carbocycles. The number of hydrogen-bond donors (Lipinski definition) is 1. The van der Waals surface area contributed by atoms with Gasteiger partial charge in [0.2, 0.25) is 0 Å². The average Bonchev–Trinajstić information content (AvgIpc) is 3.87. The van der Waals surface area contributed by atoms with E-state index in [1.165, 1.54) is 19.4 Å². The number of piperazine rings is 1. The summed E-state index contributed by atoms with van der Waals surface area (Å²) in [5.74, 6) is 2.64. The first-order chi connectivity index (χ1) is 31.6. The highest BCUT2D eigenvalue weighted by Gasteiger charge is 2.58. The molecule has 4 saturated heterocycles. The molecule has 0 spiro atoms. The van der Waals surface area contributed by atoms with Crippen molar-refractivity contribution in [3.8, 4) is 34.5 Å². The minimum absolute atomic E-state index is 0.0901. The third-order valence-corrected chi connectivity index (χ3v) is 21.4. The van der Waals surface area contributed by atoms with Crippen LogP contribution in [0.1, 0.15) is 107 Å². The molecule has 2 bridgehead atoms. The third-order valence-electron chi connectivity index (χ3n) is 15.1. The second-order valence-corrected chi connectivity index (χ2v) is 26.8. The number of hydrogen-bond acceptors (Lipinski definition) is 11. The summed E-state index contributed by atoms with van der Waals surface area (Å²) >= 11 is 0. The molecule has 1 N–H and O–H groups in total. The van der Waals surface area contributed by atoms with E-state index in [9.17, 15) is 14.3 Å². The Labute approximate surface area is 393 Å². The molecule has 4 aliphatic heterocycles. The smallest absolute Gasteiger partial charge is 0.411 e. The zero-order valence-electron chi connectivity index (χ0n) is 40.9. The number of amides is 1. The van der Waals surface area contributed by atoms with Gasteiger partial charge in [-0.3, -0.25) is 14.8 Å². The first-order valence-corrected chi connectivity index (χ1v) is 26.1. The summed E-state index contributed by atoms with van der Waals surface area (Å²) in [4.78, 5) is 34.1. The van der Waals surface area contributed by atoms with Gasteiger partial charge in [0.25, 0.3) is 0 Å². The number of halogens is 3. The van der Waals surface area contributed by atoms with Crippen molar-refractivity contribution in [3.63, 3.8) is 0 Å². The topological polar surface area (TPSA) is 123 Å². The van der Waals surface area contributed by atoms with Crippen LogP contribution in [0, 0.1) is 23.1 Å². The number of carbonyl (C=O) groups is 1. The molecule has 1 amide bonds. The summed E-state index contributed by atoms with van der Waals surface area (Å²) < 4.78 is 72.9. The van der Waals surface area contributed by atoms with Crippen LogP contribution in [-0.4, -0.2) is 126 Å². The standard InChI is InChI=1S/C51H67F3N6O6Si/c1-30(2)67(31(3)4,32(5)6)20-16-38-41(53)14-13-34-21-37(65-29-63-11)22-39(42(34)38)44-43(54)45-40(24-55-44)46(57-47(56-45)64-28-50-17-12-19-59(50)25-35(52)23-50)58-26-36-15-18-51(27-58,33(7)61)60(36)48(62)66-49(8,9)10/h13-14,21-22,24,30-33,35-36,61H,12,15,17-19,23,25-29H2,1-11H3/t33?,35-,36?,50+,51?/m1/s1. The van der Waals surface area contributed by atoms with Crippen LogP contribution in [0.4, 0.5) is 23.8 Å². The number of aliphatic hydroxyl groups excluding tert-OH is 1. The first-order valence-electron chi connectivity index (χ1n) is 23.9. The predicted octanol–water partition coefficient (Wildman–Crippen LogP) is 9.97. The van der Waals surface area contributed by atoms with E-state index in [4.69, 9.17) is 33.9 Å². The molecule has 0 radical (unpaired) electrons. The molecule has 2 aromatic heterocycles. The fourth-order valence-electron chi connectivity index (χ4n) is 12.1. The van der Waals surface area contributed by atoms with Crippen LogP contribution in [0.2, 0.25) is 16.6 Å². The van der Waals surface area contributed by atoms with Gasteiger partial charge in [0.15, 0.2) is 12.6 Å². The minimum Gasteiger partial charge on any atom is -0.468 e. The van der Waals surface area contributed by atoms with Gasteiger partial charge in [-0.15, -0.1) is 5.54 Å². The summed E-state index contributed by atoms with van der Waals surface area (Å²) in [6, 6.07) is 5.92. The van der Waals surface area contributed by atoms with E-state index in [1.807, 2.05) is 4.90 Å². The van der Waals surface area contributed by atoms with Crippen molar-refractivity contribution in [3.05, 3.63) is 47.7 Å². The van der Waals surface area contributed by atoms with E-state index in [1.54, 1.807) is 50.8 Å². The lowest BCUT2D eigenvalue weighted by Gasteiger charge is -2.50. The number of alkyl halides is 1. The maximum absolute atomic E-state index is 18.0. The quantitative estimate of drug-likeness (QED) is 0.0830. The molecule has 6 heterocycles. The van der Waals surface area contributed by atoms with Gasteiger partial charge in [-0.25, -0.2) is 18.0 Å². The Morgan fingerprint density at radius 1 is 1.01 bits per heavy atom. The molecule has 2 aromatic carbocycles. The van der Waals surface area contributed by atoms with Gasteiger partial charge in [-0.2, -0.15) is 9.97 Å². The highest BCUT2D eigenvalue weighted by atomic mass is 28.3. The van der Waals surface area contributed by atoms with Crippen LogP contribution in [0.5, 0.6) is 11.8 Å². The van der Waals surface area contributed by atoms with Crippen LogP contribution in [0.15, 0.2) is 30.5 Å². The van der Waals surface area contributed by atoms with E-state index < -0.39 is 54.8 Å². The summed E-state index contributed by atoms with van der Waals surface area (Å²) in [7, 11) is -0.855. The predicted molar refractivity (Wildman–Crippen MR) is 257 cm³/mol. The van der Waals surface area contributed by atoms with Crippen molar-refractivity contribution in [2.24, 2.45) is 0 Å². The Kier molecular flexibility index (Phi) is 13.3. The number of rotatable bonds is 12. The molecular formula is C51H67F3N6O6Si. The maximum atomic E-state index is 18.0. The normalized spacial score (nSPS) is 23.7. The molecule has 4 aromatic rings. The fraction of sp³-hybridized carbons (Fsp3) is 0.608. The minimum atomic E-state index is -2.35. The van der Waals surface area contributed by atoms with Crippen molar-refractivity contribution < 1.29 is 42.0 Å². The fourth-order valence-corrected chi connectivity index (χ4v) is 17.3. The van der Waals surface area contributed by atoms with Crippen LogP contribution in [0.3, 0.4) is 0 Å². The zero-order valence-corrected chi connectivity index (χ0v) is 41.9. The number of carbonyl (C=O) groups excluding carboxylic acids is 1. The largest absolute Gasteiger partial charge is 0.468 e. The molecule has 5 atom stereocenters. The molecule has 67 heavy (non-hydrogen) atoms. The Morgan fingerprint density at radius 3 is 2.42 bits per heavy atom. The van der Waals surface area contributed by atoms with Crippen molar-refractivity contribution in [1.82, 2.24) is 24.8 Å². The molecule has 8 rings (SSSR count). The summed E-state index contributed by atoms with van der Waals surface area (Å²) in [5, 5.41) is 12.7. The molecule has 3 unspecified atom stereocenters. The molecule has 4 aliphatic rings. The number of fused-ring (bicyclic) bond motifs is 5. The molecule has 16 heteroatoms. The van der Waals surface area contributed by atoms with Crippen molar-refractivity contribution >= 4 is 41.7 Å². The van der Waals surface area contributed by atoms with E-state index in [2.05, 4.69) is 57.9 Å². The molecule has 12 nitrogen and oxygen atoms in total. The molecule has 4 fully saturated rings. The number of ether oxygens (including phenoxy) is 4. The van der Waals surface area contributed by atoms with Gasteiger partial charge in [-0.1, -0.05) is 53.5 Å². The Balaban J connectivity index is 1.32. The van der Waals surface area contributed by atoms with Gasteiger partial charge >= 0.3 is 12.1 Å². The van der Waals surface area contributed by atoms with E-state index in [0.717, 1.165) is 19.4 Å². The average molecular weight is 945 g/mol. The number of benzene rings is 2. The molecule has 0 saturated carbocycles. The van der Waals surface area contributed by atoms with Gasteiger partial charge in [0.05, 0.1) is 34.2 Å². The number of anilines is 1. The van der Waals surface area contributed by atoms with Gasteiger partial charge in [0.1, 0.15) is 55.0 Å². The van der Waals surface area contributed by atoms with Crippen molar-refractivity contribution in [2.45, 2.75) is 153 Å². The van der Waals surface area contributed by atoms with E-state index >= 15 is 8.78 Å². The number of pyridine rings is 1. The van der Waals surface area contributed by atoms with Crippen LogP contribution in [-0.2, 0) is 9.47 Å². The lowest BCUT2D eigenvalue weighted by Crippen LogP contribution is -2.68. The number of aliphatic hydroxyl groups is 1. The highest BCUT2D eigenvalue weighted by Crippen LogP contribution is 2.47. The zero-order chi connectivity index (χ0) is 48.4. The van der Waals surface area contributed by atoms with Crippen LogP contribution >= 0.6 is 0 Å². The summed E-state index contributed by atoms with van der Waals surface area (Å²) in [5.41, 5.74) is 2.34. The number of nitrogens with zero attached hydrogens (tertiary/aromatic N) is 6. The van der Waals surface area contributed by atoms with E-state index in [0.29, 0.717) is 54.7 Å². The van der Waals surface area contributed by atoms with Gasteiger partial charge in [0, 0.05) is 50.3 Å². The highest BCUT2D eigenvalue weighted by molar-refractivity contribution is 6.90. The second kappa shape index (κ2) is 18.3. The number of aromatic nitrogens is 3. The lowest BCUT2D eigenvalue weighted by molar-refractivity contribution is -0.0427. The summed E-state index contributed by atoms with van der Waals surface area (Å²) in [6.07, 6.45) is 2.10. The van der Waals surface area contributed by atoms with Crippen LogP contribution < -0.4 is 14.4 Å². The lowest BCUT2D eigenvalue weighted by atomic mass is 9.89. The Bertz CT molecular complexity index is 2580. The number of methoxy groups -OCH3 is 1. The summed E-state index contributed by atoms with van der Waals surface area (Å²) in [6.45, 7) is 21.8. The molecule has 362 valence electrons.